The number of carbonyl (C=O) groups excluding carboxylic acids is 1. The summed E-state index contributed by atoms with van der Waals surface area (Å²) in [6, 6.07) is 1.60. The van der Waals surface area contributed by atoms with E-state index in [9.17, 15) is 9.90 Å². The molecular formula is C16H22N2O6. The minimum atomic E-state index is -0.761. The summed E-state index contributed by atoms with van der Waals surface area (Å²) in [5, 5.41) is 17.5. The molecule has 132 valence electrons. The quantitative estimate of drug-likeness (QED) is 0.731. The minimum absolute atomic E-state index is 0.182. The van der Waals surface area contributed by atoms with Crippen molar-refractivity contribution in [2.75, 3.05) is 20.8 Å². The highest BCUT2D eigenvalue weighted by Gasteiger charge is 2.26. The van der Waals surface area contributed by atoms with Gasteiger partial charge in [0, 0.05) is 31.3 Å². The number of esters is 1. The summed E-state index contributed by atoms with van der Waals surface area (Å²) in [7, 11) is 2.95. The molecule has 0 saturated carbocycles. The first-order valence-corrected chi connectivity index (χ1v) is 7.64. The Morgan fingerprint density at radius 3 is 2.67 bits per heavy atom. The van der Waals surface area contributed by atoms with Crippen LogP contribution in [0.3, 0.4) is 0 Å². The third kappa shape index (κ3) is 4.01. The lowest BCUT2D eigenvalue weighted by molar-refractivity contribution is -0.141. The first kappa shape index (κ1) is 18.2. The van der Waals surface area contributed by atoms with Crippen LogP contribution in [0.2, 0.25) is 0 Å². The van der Waals surface area contributed by atoms with Crippen LogP contribution >= 0.6 is 0 Å². The summed E-state index contributed by atoms with van der Waals surface area (Å²) in [4.78, 5) is 11.6. The van der Waals surface area contributed by atoms with Gasteiger partial charge in [-0.1, -0.05) is 10.3 Å². The fourth-order valence-corrected chi connectivity index (χ4v) is 2.44. The van der Waals surface area contributed by atoms with E-state index in [1.807, 2.05) is 6.92 Å². The second kappa shape index (κ2) is 8.07. The van der Waals surface area contributed by atoms with Gasteiger partial charge in [0.25, 0.3) is 0 Å². The van der Waals surface area contributed by atoms with Crippen molar-refractivity contribution in [2.45, 2.75) is 38.7 Å². The SMILES string of the molecule is COCCC(CC(=O)OC)c1noc(-c2cc(C(C)O)on2)c1C. The molecule has 2 heterocycles. The Morgan fingerprint density at radius 1 is 1.33 bits per heavy atom. The summed E-state index contributed by atoms with van der Waals surface area (Å²) in [5.74, 6) is 0.289. The van der Waals surface area contributed by atoms with E-state index in [0.29, 0.717) is 35.9 Å². The van der Waals surface area contributed by atoms with Crippen LogP contribution in [-0.2, 0) is 14.3 Å². The lowest BCUT2D eigenvalue weighted by atomic mass is 9.94. The molecule has 8 nitrogen and oxygen atoms in total. The number of methoxy groups -OCH3 is 2. The number of rotatable bonds is 8. The number of aliphatic hydroxyl groups excluding tert-OH is 1. The molecule has 0 radical (unpaired) electrons. The van der Waals surface area contributed by atoms with Crippen molar-refractivity contribution in [1.29, 1.82) is 0 Å². The standard InChI is InChI=1S/C16H22N2O6/c1-9-15(11(5-6-21-3)7-14(20)22-4)18-24-16(9)12-8-13(10(2)19)23-17-12/h8,10-11,19H,5-7H2,1-4H3. The monoisotopic (exact) mass is 338 g/mol. The highest BCUT2D eigenvalue weighted by Crippen LogP contribution is 2.33. The average Bonchev–Trinajstić information content (AvgIpc) is 3.18. The molecule has 0 aliphatic rings. The number of aliphatic hydroxyl groups is 1. The number of nitrogens with zero attached hydrogens (tertiary/aromatic N) is 2. The Hall–Kier alpha value is -2.19. The second-order valence-corrected chi connectivity index (χ2v) is 5.57. The smallest absolute Gasteiger partial charge is 0.306 e. The van der Waals surface area contributed by atoms with Crippen LogP contribution in [0.25, 0.3) is 11.5 Å². The average molecular weight is 338 g/mol. The van der Waals surface area contributed by atoms with E-state index in [4.69, 9.17) is 18.5 Å². The first-order chi connectivity index (χ1) is 11.5. The fraction of sp³-hybridized carbons (Fsp3) is 0.562. The van der Waals surface area contributed by atoms with Gasteiger partial charge in [0.15, 0.2) is 17.2 Å². The largest absolute Gasteiger partial charge is 0.469 e. The fourth-order valence-electron chi connectivity index (χ4n) is 2.44. The van der Waals surface area contributed by atoms with E-state index in [1.54, 1.807) is 20.1 Å². The second-order valence-electron chi connectivity index (χ2n) is 5.57. The van der Waals surface area contributed by atoms with Crippen LogP contribution in [-0.4, -0.2) is 42.2 Å². The van der Waals surface area contributed by atoms with Gasteiger partial charge < -0.3 is 23.6 Å². The number of ether oxygens (including phenoxy) is 2. The van der Waals surface area contributed by atoms with E-state index in [0.717, 1.165) is 5.56 Å². The molecule has 2 rings (SSSR count). The molecule has 2 unspecified atom stereocenters. The van der Waals surface area contributed by atoms with Crippen molar-refractivity contribution in [3.05, 3.63) is 23.1 Å². The summed E-state index contributed by atoms with van der Waals surface area (Å²) >= 11 is 0. The lowest BCUT2D eigenvalue weighted by Gasteiger charge is -2.13. The molecule has 2 atom stereocenters. The zero-order valence-electron chi connectivity index (χ0n) is 14.2. The van der Waals surface area contributed by atoms with Gasteiger partial charge in [0.05, 0.1) is 19.2 Å². The van der Waals surface area contributed by atoms with E-state index in [2.05, 4.69) is 10.3 Å². The molecule has 24 heavy (non-hydrogen) atoms. The van der Waals surface area contributed by atoms with E-state index >= 15 is 0 Å². The summed E-state index contributed by atoms with van der Waals surface area (Å²) in [6.07, 6.45) is 0.0309. The van der Waals surface area contributed by atoms with Gasteiger partial charge in [-0.05, 0) is 20.3 Å². The molecule has 0 saturated heterocycles. The maximum absolute atomic E-state index is 11.6. The topological polar surface area (TPSA) is 108 Å². The van der Waals surface area contributed by atoms with Crippen LogP contribution in [0.1, 0.15) is 48.8 Å². The maximum Gasteiger partial charge on any atom is 0.306 e. The van der Waals surface area contributed by atoms with Crippen molar-refractivity contribution < 1.29 is 28.4 Å². The van der Waals surface area contributed by atoms with E-state index < -0.39 is 6.10 Å². The van der Waals surface area contributed by atoms with Crippen LogP contribution in [0.5, 0.6) is 0 Å². The van der Waals surface area contributed by atoms with Gasteiger partial charge >= 0.3 is 5.97 Å². The molecule has 2 aromatic rings. The third-order valence-corrected chi connectivity index (χ3v) is 3.83. The number of carbonyl (C=O) groups is 1. The molecule has 0 aliphatic heterocycles. The van der Waals surface area contributed by atoms with E-state index in [-0.39, 0.29) is 18.3 Å². The maximum atomic E-state index is 11.6. The molecule has 0 aliphatic carbocycles. The lowest BCUT2D eigenvalue weighted by Crippen LogP contribution is -2.12. The molecule has 0 fully saturated rings. The van der Waals surface area contributed by atoms with Gasteiger partial charge in [-0.25, -0.2) is 0 Å². The zero-order chi connectivity index (χ0) is 17.7. The van der Waals surface area contributed by atoms with Crippen molar-refractivity contribution >= 4 is 5.97 Å². The van der Waals surface area contributed by atoms with Crippen molar-refractivity contribution in [2.24, 2.45) is 0 Å². The molecule has 8 heteroatoms. The molecule has 0 bridgehead atoms. The summed E-state index contributed by atoms with van der Waals surface area (Å²) in [5.41, 5.74) is 1.88. The Kier molecular flexibility index (Phi) is 6.10. The van der Waals surface area contributed by atoms with Gasteiger partial charge in [-0.3, -0.25) is 4.79 Å². The number of hydrogen-bond acceptors (Lipinski definition) is 8. The minimum Gasteiger partial charge on any atom is -0.469 e. The highest BCUT2D eigenvalue weighted by atomic mass is 16.5. The first-order valence-electron chi connectivity index (χ1n) is 7.64. The molecule has 0 aromatic carbocycles. The van der Waals surface area contributed by atoms with Gasteiger partial charge in [-0.2, -0.15) is 0 Å². The third-order valence-electron chi connectivity index (χ3n) is 3.83. The molecule has 0 amide bonds. The van der Waals surface area contributed by atoms with Crippen LogP contribution < -0.4 is 0 Å². The Bertz CT molecular complexity index is 676. The normalized spacial score (nSPS) is 13.7. The Balaban J connectivity index is 2.28. The molecule has 2 aromatic heterocycles. The van der Waals surface area contributed by atoms with Gasteiger partial charge in [0.1, 0.15) is 6.10 Å². The predicted octanol–water partition coefficient (Wildman–Crippen LogP) is 2.37. The number of aromatic nitrogens is 2. The Morgan fingerprint density at radius 2 is 2.08 bits per heavy atom. The summed E-state index contributed by atoms with van der Waals surface area (Å²) in [6.45, 7) is 3.91. The molecular weight excluding hydrogens is 316 g/mol. The van der Waals surface area contributed by atoms with Crippen molar-refractivity contribution in [1.82, 2.24) is 10.3 Å². The molecule has 1 N–H and O–H groups in total. The Labute approximate surface area is 139 Å². The van der Waals surface area contributed by atoms with Gasteiger partial charge in [0.2, 0.25) is 0 Å². The van der Waals surface area contributed by atoms with Gasteiger partial charge in [-0.15, -0.1) is 0 Å². The van der Waals surface area contributed by atoms with E-state index in [1.165, 1.54) is 7.11 Å². The van der Waals surface area contributed by atoms with Crippen LogP contribution in [0.4, 0.5) is 0 Å². The van der Waals surface area contributed by atoms with Crippen molar-refractivity contribution in [3.8, 4) is 11.5 Å². The number of hydrogen-bond donors (Lipinski definition) is 1. The molecule has 0 spiro atoms. The highest BCUT2D eigenvalue weighted by molar-refractivity contribution is 5.70. The van der Waals surface area contributed by atoms with Crippen molar-refractivity contribution in [3.63, 3.8) is 0 Å². The predicted molar refractivity (Wildman–Crippen MR) is 83.2 cm³/mol. The zero-order valence-corrected chi connectivity index (χ0v) is 14.2. The van der Waals surface area contributed by atoms with Crippen LogP contribution in [0, 0.1) is 6.92 Å². The van der Waals surface area contributed by atoms with Crippen LogP contribution in [0.15, 0.2) is 15.1 Å². The summed E-state index contributed by atoms with van der Waals surface area (Å²) < 4.78 is 20.3.